The molecule has 0 bridgehead atoms. The molecule has 2 N–H and O–H groups in total. The summed E-state index contributed by atoms with van der Waals surface area (Å²) in [4.78, 5) is 0. The second-order valence-electron chi connectivity index (χ2n) is 3.10. The molecule has 0 aromatic carbocycles. The number of hydrogen-bond acceptors (Lipinski definition) is 4. The molecule has 0 aliphatic carbocycles. The van der Waals surface area contributed by atoms with E-state index in [1.54, 1.807) is 0 Å². The lowest BCUT2D eigenvalue weighted by atomic mass is 10.4. The maximum Gasteiger partial charge on any atom is 0.292 e. The molecule has 4 heteroatoms. The Bertz CT molecular complexity index is 141. The predicted octanol–water partition coefficient (Wildman–Crippen LogP) is 0.642. The third-order valence-corrected chi connectivity index (χ3v) is 1.96. The lowest BCUT2D eigenvalue weighted by Crippen LogP contribution is -2.60. The Morgan fingerprint density at radius 3 is 2.54 bits per heavy atom. The number of rotatable bonds is 0. The van der Waals surface area contributed by atoms with Crippen molar-refractivity contribution >= 4 is 0 Å². The van der Waals surface area contributed by atoms with Gasteiger partial charge in [-0.25, -0.2) is 5.32 Å². The molecule has 1 spiro atoms. The number of ether oxygens (including phenoxy) is 2. The van der Waals surface area contributed by atoms with Crippen LogP contribution in [0.3, 0.4) is 0 Å². The van der Waals surface area contributed by atoms with Gasteiger partial charge in [0.1, 0.15) is 0 Å². The summed E-state index contributed by atoms with van der Waals surface area (Å²) in [5.74, 6) is 0. The molecule has 2 fully saturated rings. The Kier molecular flexibility index (Phi) is 4.12. The second-order valence-corrected chi connectivity index (χ2v) is 3.10. The first-order valence-corrected chi connectivity index (χ1v) is 5.11. The van der Waals surface area contributed by atoms with Gasteiger partial charge in [0.25, 0.3) is 6.03 Å². The standard InChI is InChI=1S/C7H14N2O2.C2H6/c1-6-5-11-7(9-6)8-3-2-4-10-7;1-2/h6,8-9H,2-5H2,1H3;1-2H3. The van der Waals surface area contributed by atoms with E-state index in [0.29, 0.717) is 12.6 Å². The summed E-state index contributed by atoms with van der Waals surface area (Å²) in [5, 5.41) is 6.38. The van der Waals surface area contributed by atoms with E-state index >= 15 is 0 Å². The quantitative estimate of drug-likeness (QED) is 0.585. The maximum atomic E-state index is 5.45. The van der Waals surface area contributed by atoms with Crippen molar-refractivity contribution in [2.24, 2.45) is 0 Å². The topological polar surface area (TPSA) is 42.5 Å². The zero-order valence-corrected chi connectivity index (χ0v) is 8.72. The molecule has 2 aliphatic rings. The van der Waals surface area contributed by atoms with E-state index in [0.717, 1.165) is 19.6 Å². The first kappa shape index (κ1) is 10.9. The molecule has 2 atom stereocenters. The third kappa shape index (κ3) is 2.64. The molecule has 0 amide bonds. The molecule has 13 heavy (non-hydrogen) atoms. The van der Waals surface area contributed by atoms with Gasteiger partial charge in [0, 0.05) is 12.6 Å². The summed E-state index contributed by atoms with van der Waals surface area (Å²) in [7, 11) is 0. The highest BCUT2D eigenvalue weighted by molar-refractivity contribution is 4.79. The van der Waals surface area contributed by atoms with E-state index in [1.807, 2.05) is 13.8 Å². The Morgan fingerprint density at radius 1 is 1.31 bits per heavy atom. The van der Waals surface area contributed by atoms with Crippen LogP contribution in [-0.2, 0) is 9.47 Å². The first-order valence-electron chi connectivity index (χ1n) is 5.11. The summed E-state index contributed by atoms with van der Waals surface area (Å²) < 4.78 is 10.9. The van der Waals surface area contributed by atoms with Crippen molar-refractivity contribution in [3.05, 3.63) is 0 Å². The third-order valence-electron chi connectivity index (χ3n) is 1.96. The summed E-state index contributed by atoms with van der Waals surface area (Å²) in [6.07, 6.45) is 1.06. The van der Waals surface area contributed by atoms with Crippen LogP contribution in [0.1, 0.15) is 27.2 Å². The van der Waals surface area contributed by atoms with Crippen LogP contribution in [0.15, 0.2) is 0 Å². The summed E-state index contributed by atoms with van der Waals surface area (Å²) >= 11 is 0. The van der Waals surface area contributed by atoms with Crippen LogP contribution in [0.4, 0.5) is 0 Å². The van der Waals surface area contributed by atoms with Gasteiger partial charge in [-0.3, -0.25) is 5.32 Å². The van der Waals surface area contributed by atoms with Crippen molar-refractivity contribution in [2.75, 3.05) is 19.8 Å². The molecular formula is C9H20N2O2. The van der Waals surface area contributed by atoms with Crippen LogP contribution >= 0.6 is 0 Å². The van der Waals surface area contributed by atoms with Crippen molar-refractivity contribution < 1.29 is 9.47 Å². The lowest BCUT2D eigenvalue weighted by molar-refractivity contribution is -0.257. The number of nitrogens with one attached hydrogen (secondary N) is 2. The van der Waals surface area contributed by atoms with Gasteiger partial charge < -0.3 is 9.47 Å². The van der Waals surface area contributed by atoms with E-state index in [9.17, 15) is 0 Å². The van der Waals surface area contributed by atoms with Gasteiger partial charge in [-0.15, -0.1) is 0 Å². The highest BCUT2D eigenvalue weighted by atomic mass is 16.7. The van der Waals surface area contributed by atoms with Gasteiger partial charge >= 0.3 is 0 Å². The van der Waals surface area contributed by atoms with E-state index < -0.39 is 6.03 Å². The van der Waals surface area contributed by atoms with Crippen LogP contribution in [0.2, 0.25) is 0 Å². The Balaban J connectivity index is 0.000000396. The molecule has 0 saturated carbocycles. The largest absolute Gasteiger partial charge is 0.325 e. The summed E-state index contributed by atoms with van der Waals surface area (Å²) in [6.45, 7) is 8.52. The monoisotopic (exact) mass is 188 g/mol. The van der Waals surface area contributed by atoms with Crippen molar-refractivity contribution in [1.82, 2.24) is 10.6 Å². The highest BCUT2D eigenvalue weighted by Gasteiger charge is 2.40. The fourth-order valence-electron chi connectivity index (χ4n) is 1.43. The average molecular weight is 188 g/mol. The van der Waals surface area contributed by atoms with Crippen molar-refractivity contribution in [2.45, 2.75) is 39.3 Å². The van der Waals surface area contributed by atoms with Crippen molar-refractivity contribution in [3.8, 4) is 0 Å². The molecule has 2 heterocycles. The molecule has 2 unspecified atom stereocenters. The van der Waals surface area contributed by atoms with Crippen LogP contribution in [0, 0.1) is 0 Å². The van der Waals surface area contributed by atoms with E-state index in [-0.39, 0.29) is 0 Å². The summed E-state index contributed by atoms with van der Waals surface area (Å²) in [5.41, 5.74) is 0. The van der Waals surface area contributed by atoms with Crippen LogP contribution in [0.5, 0.6) is 0 Å². The predicted molar refractivity (Wildman–Crippen MR) is 51.2 cm³/mol. The molecule has 0 aromatic rings. The zero-order valence-electron chi connectivity index (χ0n) is 8.72. The minimum Gasteiger partial charge on any atom is -0.325 e. The Hall–Kier alpha value is -0.160. The molecule has 4 nitrogen and oxygen atoms in total. The van der Waals surface area contributed by atoms with Gasteiger partial charge in [0.15, 0.2) is 0 Å². The van der Waals surface area contributed by atoms with Crippen LogP contribution in [-0.4, -0.2) is 31.8 Å². The van der Waals surface area contributed by atoms with Gasteiger partial charge in [0.2, 0.25) is 0 Å². The van der Waals surface area contributed by atoms with Crippen LogP contribution in [0.25, 0.3) is 0 Å². The minimum absolute atomic E-state index is 0.376. The Labute approximate surface area is 80.0 Å². The lowest BCUT2D eigenvalue weighted by Gasteiger charge is -2.33. The minimum atomic E-state index is -0.655. The molecule has 78 valence electrons. The van der Waals surface area contributed by atoms with Crippen molar-refractivity contribution in [3.63, 3.8) is 0 Å². The van der Waals surface area contributed by atoms with Gasteiger partial charge in [-0.2, -0.15) is 0 Å². The SMILES string of the molecule is CC.CC1COC2(NCCCO2)N1. The second kappa shape index (κ2) is 4.91. The molecule has 2 aliphatic heterocycles. The summed E-state index contributed by atoms with van der Waals surface area (Å²) in [6, 6.07) is -0.280. The van der Waals surface area contributed by atoms with E-state index in [1.165, 1.54) is 0 Å². The van der Waals surface area contributed by atoms with Gasteiger partial charge in [-0.1, -0.05) is 13.8 Å². The molecule has 0 radical (unpaired) electrons. The zero-order chi connectivity index (χ0) is 9.73. The van der Waals surface area contributed by atoms with Gasteiger partial charge in [-0.05, 0) is 13.3 Å². The van der Waals surface area contributed by atoms with E-state index in [4.69, 9.17) is 9.47 Å². The maximum absolute atomic E-state index is 5.45. The molecule has 2 rings (SSSR count). The number of hydrogen-bond donors (Lipinski definition) is 2. The highest BCUT2D eigenvalue weighted by Crippen LogP contribution is 2.17. The van der Waals surface area contributed by atoms with Crippen LogP contribution < -0.4 is 10.6 Å². The first-order chi connectivity index (χ1) is 6.31. The molecule has 2 saturated heterocycles. The van der Waals surface area contributed by atoms with Gasteiger partial charge in [0.05, 0.1) is 13.2 Å². The normalized spacial score (nSPS) is 38.5. The smallest absolute Gasteiger partial charge is 0.292 e. The average Bonchev–Trinajstić information content (AvgIpc) is 2.52. The van der Waals surface area contributed by atoms with E-state index in [2.05, 4.69) is 17.6 Å². The Morgan fingerprint density at radius 2 is 2.08 bits per heavy atom. The molecular weight excluding hydrogens is 168 g/mol. The van der Waals surface area contributed by atoms with Crippen molar-refractivity contribution in [1.29, 1.82) is 0 Å². The fraction of sp³-hybridized carbons (Fsp3) is 1.00. The molecule has 0 aromatic heterocycles. The fourth-order valence-corrected chi connectivity index (χ4v) is 1.43.